The lowest BCUT2D eigenvalue weighted by atomic mass is 10.0. The topological polar surface area (TPSA) is 70.5 Å². The highest BCUT2D eigenvalue weighted by molar-refractivity contribution is 7.24. The molecule has 0 radical (unpaired) electrons. The molecule has 23 heavy (non-hydrogen) atoms. The van der Waals surface area contributed by atoms with E-state index in [1.54, 1.807) is 13.0 Å². The van der Waals surface area contributed by atoms with Gasteiger partial charge < -0.3 is 10.0 Å². The van der Waals surface area contributed by atoms with Crippen LogP contribution < -0.4 is 0 Å². The number of amides is 1. The Morgan fingerprint density at radius 3 is 2.78 bits per heavy atom. The van der Waals surface area contributed by atoms with Crippen LogP contribution in [0.15, 0.2) is 12.1 Å². The number of rotatable bonds is 3. The molecule has 3 rings (SSSR count). The molecule has 1 N–H and O–H groups in total. The maximum absolute atomic E-state index is 12.8. The third kappa shape index (κ3) is 3.27. The number of carbonyl (C=O) groups is 2. The van der Waals surface area contributed by atoms with E-state index in [1.165, 1.54) is 27.6 Å². The first-order chi connectivity index (χ1) is 11.0. The monoisotopic (exact) mass is 370 g/mol. The molecule has 0 saturated carbocycles. The van der Waals surface area contributed by atoms with Crippen LogP contribution >= 0.6 is 34.3 Å². The van der Waals surface area contributed by atoms with Gasteiger partial charge in [0.1, 0.15) is 15.9 Å². The summed E-state index contributed by atoms with van der Waals surface area (Å²) in [7, 11) is 0. The van der Waals surface area contributed by atoms with Crippen molar-refractivity contribution < 1.29 is 14.7 Å². The molecule has 0 aromatic carbocycles. The molecule has 122 valence electrons. The van der Waals surface area contributed by atoms with Gasteiger partial charge >= 0.3 is 5.97 Å². The zero-order valence-electron chi connectivity index (χ0n) is 12.4. The molecule has 1 atom stereocenters. The molecule has 1 saturated heterocycles. The van der Waals surface area contributed by atoms with E-state index in [0.717, 1.165) is 22.7 Å². The molecule has 1 aliphatic rings. The van der Waals surface area contributed by atoms with Crippen molar-refractivity contribution in [3.8, 4) is 9.88 Å². The van der Waals surface area contributed by atoms with Crippen molar-refractivity contribution in [2.45, 2.75) is 32.2 Å². The predicted octanol–water partition coefficient (Wildman–Crippen LogP) is 3.91. The average molecular weight is 371 g/mol. The van der Waals surface area contributed by atoms with Crippen molar-refractivity contribution in [1.82, 2.24) is 9.88 Å². The van der Waals surface area contributed by atoms with E-state index in [9.17, 15) is 14.7 Å². The fraction of sp³-hybridized carbons (Fsp3) is 0.400. The summed E-state index contributed by atoms with van der Waals surface area (Å²) in [5, 5.41) is 10.1. The Kier molecular flexibility index (Phi) is 4.70. The maximum atomic E-state index is 12.8. The minimum atomic E-state index is -0.939. The Morgan fingerprint density at radius 2 is 2.13 bits per heavy atom. The number of carboxylic acids is 1. The number of aliphatic carboxylic acids is 1. The molecule has 1 aliphatic heterocycles. The predicted molar refractivity (Wildman–Crippen MR) is 91.5 cm³/mol. The Labute approximate surface area is 146 Å². The summed E-state index contributed by atoms with van der Waals surface area (Å²) < 4.78 is 0.669. The van der Waals surface area contributed by atoms with Gasteiger partial charge in [-0.2, -0.15) is 0 Å². The molecule has 0 aliphatic carbocycles. The van der Waals surface area contributed by atoms with Gasteiger partial charge in [0.15, 0.2) is 0 Å². The molecule has 0 spiro atoms. The van der Waals surface area contributed by atoms with Gasteiger partial charge in [-0.3, -0.25) is 4.79 Å². The summed E-state index contributed by atoms with van der Waals surface area (Å²) in [6, 6.07) is 2.93. The van der Waals surface area contributed by atoms with E-state index >= 15 is 0 Å². The average Bonchev–Trinajstić information content (AvgIpc) is 3.12. The highest BCUT2D eigenvalue weighted by atomic mass is 35.5. The zero-order chi connectivity index (χ0) is 16.6. The molecule has 2 aromatic rings. The first-order valence-electron chi connectivity index (χ1n) is 7.24. The molecular weight excluding hydrogens is 356 g/mol. The van der Waals surface area contributed by atoms with Crippen molar-refractivity contribution in [3.05, 3.63) is 27.0 Å². The van der Waals surface area contributed by atoms with Gasteiger partial charge in [-0.05, 0) is 38.3 Å². The van der Waals surface area contributed by atoms with Crippen molar-refractivity contribution >= 4 is 46.2 Å². The summed E-state index contributed by atoms with van der Waals surface area (Å²) >= 11 is 8.66. The molecule has 1 amide bonds. The number of carboxylic acid groups (broad SMARTS) is 1. The van der Waals surface area contributed by atoms with Gasteiger partial charge in [0, 0.05) is 6.54 Å². The lowest BCUT2D eigenvalue weighted by Crippen LogP contribution is -2.47. The number of hydrogen-bond donors (Lipinski definition) is 1. The zero-order valence-corrected chi connectivity index (χ0v) is 14.8. The third-order valence-electron chi connectivity index (χ3n) is 3.82. The van der Waals surface area contributed by atoms with E-state index in [4.69, 9.17) is 11.6 Å². The molecule has 8 heteroatoms. The Balaban J connectivity index is 1.90. The molecular formula is C15H15ClN2O3S2. The summed E-state index contributed by atoms with van der Waals surface area (Å²) in [6.07, 6.45) is 2.18. The largest absolute Gasteiger partial charge is 0.480 e. The van der Waals surface area contributed by atoms with Crippen LogP contribution in [0.25, 0.3) is 9.88 Å². The van der Waals surface area contributed by atoms with Crippen LogP contribution in [0.3, 0.4) is 0 Å². The van der Waals surface area contributed by atoms with Gasteiger partial charge in [0.2, 0.25) is 0 Å². The summed E-state index contributed by atoms with van der Waals surface area (Å²) in [5.41, 5.74) is 0.634. The van der Waals surface area contributed by atoms with Crippen molar-refractivity contribution in [2.24, 2.45) is 0 Å². The Morgan fingerprint density at radius 1 is 1.35 bits per heavy atom. The van der Waals surface area contributed by atoms with E-state index < -0.39 is 12.0 Å². The number of aryl methyl sites for hydroxylation is 1. The van der Waals surface area contributed by atoms with E-state index in [1.807, 2.05) is 6.07 Å². The van der Waals surface area contributed by atoms with Crippen LogP contribution in [0, 0.1) is 6.92 Å². The first-order valence-corrected chi connectivity index (χ1v) is 9.25. The number of hydrogen-bond acceptors (Lipinski definition) is 5. The summed E-state index contributed by atoms with van der Waals surface area (Å²) in [4.78, 5) is 31.5. The fourth-order valence-electron chi connectivity index (χ4n) is 2.69. The lowest BCUT2D eigenvalue weighted by molar-refractivity contribution is -0.143. The number of nitrogens with zero attached hydrogens (tertiary/aromatic N) is 2. The van der Waals surface area contributed by atoms with Crippen molar-refractivity contribution in [1.29, 1.82) is 0 Å². The van der Waals surface area contributed by atoms with Crippen LogP contribution in [0.5, 0.6) is 0 Å². The van der Waals surface area contributed by atoms with Crippen LogP contribution in [0.1, 0.15) is 34.6 Å². The Hall–Kier alpha value is -1.44. The number of halogens is 1. The molecule has 2 aromatic heterocycles. The molecule has 1 unspecified atom stereocenters. The van der Waals surface area contributed by atoms with Crippen LogP contribution in [0.4, 0.5) is 0 Å². The smallest absolute Gasteiger partial charge is 0.326 e. The standard InChI is InChI=1S/C15H15ClN2O3S2/c1-8-12(23-13(17-8)10-5-6-11(16)22-10)14(19)18-7-3-2-4-9(18)15(20)21/h5-6,9H,2-4,7H2,1H3,(H,20,21). The fourth-order valence-corrected chi connectivity index (χ4v) is 4.81. The second-order valence-corrected chi connectivity index (χ2v) is 8.10. The highest BCUT2D eigenvalue weighted by Gasteiger charge is 2.34. The van der Waals surface area contributed by atoms with Gasteiger partial charge in [0.25, 0.3) is 5.91 Å². The number of carbonyl (C=O) groups excluding carboxylic acids is 1. The van der Waals surface area contributed by atoms with E-state index in [2.05, 4.69) is 4.98 Å². The van der Waals surface area contributed by atoms with Crippen molar-refractivity contribution in [3.63, 3.8) is 0 Å². The number of piperidine rings is 1. The maximum Gasteiger partial charge on any atom is 0.326 e. The minimum Gasteiger partial charge on any atom is -0.480 e. The van der Waals surface area contributed by atoms with E-state index in [-0.39, 0.29) is 5.91 Å². The lowest BCUT2D eigenvalue weighted by Gasteiger charge is -2.32. The molecule has 3 heterocycles. The van der Waals surface area contributed by atoms with Crippen LogP contribution in [-0.2, 0) is 4.79 Å². The SMILES string of the molecule is Cc1nc(-c2ccc(Cl)s2)sc1C(=O)N1CCCCC1C(=O)O. The number of thiazole rings is 1. The Bertz CT molecular complexity index is 756. The third-order valence-corrected chi connectivity index (χ3v) is 6.37. The number of thiophene rings is 1. The normalized spacial score (nSPS) is 18.2. The van der Waals surface area contributed by atoms with E-state index in [0.29, 0.717) is 27.9 Å². The summed E-state index contributed by atoms with van der Waals surface area (Å²) in [5.74, 6) is -1.17. The number of likely N-dealkylation sites (tertiary alicyclic amines) is 1. The van der Waals surface area contributed by atoms with Gasteiger partial charge in [-0.25, -0.2) is 9.78 Å². The quantitative estimate of drug-likeness (QED) is 0.889. The number of aromatic nitrogens is 1. The van der Waals surface area contributed by atoms with Gasteiger partial charge in [-0.1, -0.05) is 11.6 Å². The van der Waals surface area contributed by atoms with Crippen molar-refractivity contribution in [2.75, 3.05) is 6.54 Å². The summed E-state index contributed by atoms with van der Waals surface area (Å²) in [6.45, 7) is 2.26. The van der Waals surface area contributed by atoms with Gasteiger partial charge in [0.05, 0.1) is 14.9 Å². The minimum absolute atomic E-state index is 0.235. The van der Waals surface area contributed by atoms with Crippen LogP contribution in [0.2, 0.25) is 4.34 Å². The first kappa shape index (κ1) is 16.4. The molecule has 0 bridgehead atoms. The second kappa shape index (κ2) is 6.59. The highest BCUT2D eigenvalue weighted by Crippen LogP contribution is 2.35. The van der Waals surface area contributed by atoms with Crippen LogP contribution in [-0.4, -0.2) is 39.5 Å². The second-order valence-electron chi connectivity index (χ2n) is 5.39. The molecule has 1 fully saturated rings. The molecule has 5 nitrogen and oxygen atoms in total. The van der Waals surface area contributed by atoms with Gasteiger partial charge in [-0.15, -0.1) is 22.7 Å².